The van der Waals surface area contributed by atoms with E-state index >= 15 is 0 Å². The summed E-state index contributed by atoms with van der Waals surface area (Å²) in [6, 6.07) is 11.1. The lowest BCUT2D eigenvalue weighted by atomic mass is 10.00. The lowest BCUT2D eigenvalue weighted by molar-refractivity contribution is 0.400. The van der Waals surface area contributed by atoms with Crippen LogP contribution in [0, 0.1) is 12.7 Å². The third-order valence-electron chi connectivity index (χ3n) is 6.88. The highest BCUT2D eigenvalue weighted by atomic mass is 19.1. The average molecular weight is 521 g/mol. The maximum absolute atomic E-state index is 14.2. The fourth-order valence-electron chi connectivity index (χ4n) is 4.93. The van der Waals surface area contributed by atoms with Gasteiger partial charge in [-0.3, -0.25) is 5.10 Å². The molecular formula is C32H33FN6. The summed E-state index contributed by atoms with van der Waals surface area (Å²) in [5, 5.41) is 9.42. The van der Waals surface area contributed by atoms with Gasteiger partial charge >= 0.3 is 0 Å². The number of aromatic amines is 2. The Morgan fingerprint density at radius 1 is 1.10 bits per heavy atom. The number of hydrogen-bond acceptors (Lipinski definition) is 4. The number of allylic oxidation sites excluding steroid dienone is 5. The van der Waals surface area contributed by atoms with Gasteiger partial charge in [0.05, 0.1) is 11.4 Å². The van der Waals surface area contributed by atoms with Crippen LogP contribution in [0.25, 0.3) is 50.2 Å². The maximum Gasteiger partial charge on any atom is 0.181 e. The molecule has 7 heteroatoms. The van der Waals surface area contributed by atoms with Crippen molar-refractivity contribution < 1.29 is 4.39 Å². The van der Waals surface area contributed by atoms with Crippen molar-refractivity contribution in [1.82, 2.24) is 30.0 Å². The first-order valence-corrected chi connectivity index (χ1v) is 13.1. The van der Waals surface area contributed by atoms with Gasteiger partial charge in [-0.05, 0) is 105 Å². The summed E-state index contributed by atoms with van der Waals surface area (Å²) >= 11 is 0. The number of benzene rings is 1. The van der Waals surface area contributed by atoms with Crippen molar-refractivity contribution >= 4 is 27.6 Å². The Hall–Kier alpha value is -4.36. The van der Waals surface area contributed by atoms with E-state index in [0.29, 0.717) is 5.65 Å². The van der Waals surface area contributed by atoms with E-state index in [1.165, 1.54) is 11.6 Å². The van der Waals surface area contributed by atoms with Crippen LogP contribution in [0.3, 0.4) is 0 Å². The molecule has 0 aliphatic carbocycles. The van der Waals surface area contributed by atoms with E-state index < -0.39 is 0 Å². The molecule has 4 aromatic heterocycles. The Balaban J connectivity index is 1.53. The Kier molecular flexibility index (Phi) is 7.52. The van der Waals surface area contributed by atoms with Gasteiger partial charge in [-0.15, -0.1) is 0 Å². The second kappa shape index (κ2) is 11.2. The zero-order valence-corrected chi connectivity index (χ0v) is 22.8. The highest BCUT2D eigenvalue weighted by Gasteiger charge is 2.16. The summed E-state index contributed by atoms with van der Waals surface area (Å²) in [6.45, 7) is 8.98. The Bertz CT molecular complexity index is 1700. The van der Waals surface area contributed by atoms with Crippen LogP contribution in [0.5, 0.6) is 0 Å². The zero-order valence-electron chi connectivity index (χ0n) is 22.8. The van der Waals surface area contributed by atoms with Crippen molar-refractivity contribution in [2.24, 2.45) is 0 Å². The van der Waals surface area contributed by atoms with Crippen molar-refractivity contribution in [3.8, 4) is 22.5 Å². The van der Waals surface area contributed by atoms with Crippen molar-refractivity contribution in [1.29, 1.82) is 0 Å². The van der Waals surface area contributed by atoms with E-state index in [9.17, 15) is 4.39 Å². The zero-order chi connectivity index (χ0) is 27.5. The largest absolute Gasteiger partial charge is 0.338 e. The number of halogens is 1. The molecule has 0 amide bonds. The lowest BCUT2D eigenvalue weighted by Crippen LogP contribution is -2.12. The minimum absolute atomic E-state index is 0.255. The molecule has 5 aromatic rings. The third-order valence-corrected chi connectivity index (χ3v) is 6.88. The molecule has 0 spiro atoms. The number of pyridine rings is 2. The predicted octanol–water partition coefficient (Wildman–Crippen LogP) is 7.47. The summed E-state index contributed by atoms with van der Waals surface area (Å²) in [7, 11) is 4.18. The van der Waals surface area contributed by atoms with Crippen molar-refractivity contribution in [3.63, 3.8) is 0 Å². The molecule has 0 saturated carbocycles. The molecule has 0 unspecified atom stereocenters. The molecule has 198 valence electrons. The molecule has 2 N–H and O–H groups in total. The van der Waals surface area contributed by atoms with Crippen LogP contribution in [0.4, 0.5) is 4.39 Å². The van der Waals surface area contributed by atoms with Crippen LogP contribution in [0.2, 0.25) is 0 Å². The SMILES string of the molecule is C=C/C(=C\C(=C/C)c1cnc2n[nH]c(-c3cc4c(-c5cc(C)cc(F)c5)ccnc4[nH]3)c2c1)CCCN(C)C. The van der Waals surface area contributed by atoms with E-state index in [4.69, 9.17) is 0 Å². The number of fused-ring (bicyclic) bond motifs is 2. The number of hydrogen-bond donors (Lipinski definition) is 2. The molecule has 5 rings (SSSR count). The van der Waals surface area contributed by atoms with Gasteiger partial charge in [0, 0.05) is 28.7 Å². The second-order valence-corrected chi connectivity index (χ2v) is 10.1. The fraction of sp³-hybridized carbons (Fsp3) is 0.219. The summed E-state index contributed by atoms with van der Waals surface area (Å²) in [5.74, 6) is -0.255. The topological polar surface area (TPSA) is 73.5 Å². The molecule has 0 saturated heterocycles. The molecule has 4 heterocycles. The molecule has 0 radical (unpaired) electrons. The third kappa shape index (κ3) is 5.59. The quantitative estimate of drug-likeness (QED) is 0.198. The van der Waals surface area contributed by atoms with Gasteiger partial charge in [0.2, 0.25) is 0 Å². The normalized spacial score (nSPS) is 12.7. The average Bonchev–Trinajstić information content (AvgIpc) is 3.53. The summed E-state index contributed by atoms with van der Waals surface area (Å²) in [5.41, 5.74) is 8.91. The first-order chi connectivity index (χ1) is 18.9. The molecular weight excluding hydrogens is 487 g/mol. The minimum atomic E-state index is -0.255. The first kappa shape index (κ1) is 26.3. The molecule has 39 heavy (non-hydrogen) atoms. The number of H-pyrrole nitrogens is 2. The van der Waals surface area contributed by atoms with E-state index in [-0.39, 0.29) is 5.82 Å². The van der Waals surface area contributed by atoms with Crippen LogP contribution in [-0.4, -0.2) is 50.7 Å². The van der Waals surface area contributed by atoms with Gasteiger partial charge in [0.1, 0.15) is 11.5 Å². The molecule has 0 bridgehead atoms. The van der Waals surface area contributed by atoms with E-state index in [1.807, 2.05) is 44.3 Å². The van der Waals surface area contributed by atoms with Crippen molar-refractivity contribution in [3.05, 3.63) is 96.1 Å². The molecule has 0 atom stereocenters. The van der Waals surface area contributed by atoms with Crippen LogP contribution in [-0.2, 0) is 0 Å². The highest BCUT2D eigenvalue weighted by Crippen LogP contribution is 2.34. The molecule has 6 nitrogen and oxygen atoms in total. The second-order valence-electron chi connectivity index (χ2n) is 10.1. The van der Waals surface area contributed by atoms with Crippen LogP contribution in [0.1, 0.15) is 30.9 Å². The maximum atomic E-state index is 14.2. The summed E-state index contributed by atoms with van der Waals surface area (Å²) < 4.78 is 14.2. The molecule has 0 fully saturated rings. The minimum Gasteiger partial charge on any atom is -0.338 e. The smallest absolute Gasteiger partial charge is 0.181 e. The molecule has 1 aromatic carbocycles. The highest BCUT2D eigenvalue weighted by molar-refractivity contribution is 5.99. The van der Waals surface area contributed by atoms with Gasteiger partial charge in [-0.2, -0.15) is 5.10 Å². The number of aryl methyl sites for hydroxylation is 1. The predicted molar refractivity (Wildman–Crippen MR) is 159 cm³/mol. The number of nitrogens with one attached hydrogen (secondary N) is 2. The standard InChI is InChI=1S/C32H33FN6/c1-6-21(9-8-12-39(4)5)15-22(7-2)24-17-28-30(37-38-32(28)35-19-24)29-18-27-26(10-11-34-31(27)36-29)23-13-20(3)14-25(33)16-23/h6-7,10-11,13-19H,1,8-9,12H2,2-5H3,(H,34,36)(H,35,37,38)/b21-15+,22-7+. The van der Waals surface area contributed by atoms with Gasteiger partial charge in [0.25, 0.3) is 0 Å². The summed E-state index contributed by atoms with van der Waals surface area (Å²) in [4.78, 5) is 14.8. The number of aromatic nitrogens is 5. The Morgan fingerprint density at radius 3 is 2.69 bits per heavy atom. The first-order valence-electron chi connectivity index (χ1n) is 13.1. The van der Waals surface area contributed by atoms with E-state index in [2.05, 4.69) is 68.9 Å². The van der Waals surface area contributed by atoms with Crippen LogP contribution < -0.4 is 0 Å². The number of nitrogens with zero attached hydrogens (tertiary/aromatic N) is 4. The summed E-state index contributed by atoms with van der Waals surface area (Å²) in [6.07, 6.45) is 11.8. The number of rotatable bonds is 9. The fourth-order valence-corrected chi connectivity index (χ4v) is 4.93. The Labute approximate surface area is 228 Å². The Morgan fingerprint density at radius 2 is 1.95 bits per heavy atom. The van der Waals surface area contributed by atoms with Gasteiger partial charge < -0.3 is 9.88 Å². The van der Waals surface area contributed by atoms with Crippen molar-refractivity contribution in [2.75, 3.05) is 20.6 Å². The van der Waals surface area contributed by atoms with Gasteiger partial charge in [-0.1, -0.05) is 30.9 Å². The van der Waals surface area contributed by atoms with E-state index in [1.54, 1.807) is 12.3 Å². The van der Waals surface area contributed by atoms with Crippen molar-refractivity contribution in [2.45, 2.75) is 26.7 Å². The van der Waals surface area contributed by atoms with Gasteiger partial charge in [-0.25, -0.2) is 14.4 Å². The molecule has 0 aliphatic rings. The van der Waals surface area contributed by atoms with E-state index in [0.717, 1.165) is 75.0 Å². The van der Waals surface area contributed by atoms with Gasteiger partial charge in [0.15, 0.2) is 5.65 Å². The van der Waals surface area contributed by atoms with Crippen LogP contribution in [0.15, 0.2) is 79.2 Å². The molecule has 0 aliphatic heterocycles. The monoisotopic (exact) mass is 520 g/mol. The lowest BCUT2D eigenvalue weighted by Gasteiger charge is -2.10. The van der Waals surface area contributed by atoms with Crippen LogP contribution >= 0.6 is 0 Å².